The molecule has 0 saturated carbocycles. The van der Waals surface area contributed by atoms with Gasteiger partial charge in [-0.25, -0.2) is 0 Å². The number of hydrogen-bond acceptors (Lipinski definition) is 1. The predicted octanol–water partition coefficient (Wildman–Crippen LogP) is 3.86. The van der Waals surface area contributed by atoms with Crippen molar-refractivity contribution < 1.29 is 0 Å². The van der Waals surface area contributed by atoms with E-state index in [1.165, 1.54) is 5.56 Å². The van der Waals surface area contributed by atoms with E-state index in [0.29, 0.717) is 5.92 Å². The minimum atomic E-state index is 0.283. The molecule has 1 unspecified atom stereocenters. The lowest BCUT2D eigenvalue weighted by Gasteiger charge is -2.07. The molecule has 0 aromatic heterocycles. The Balaban J connectivity index is 2.59. The quantitative estimate of drug-likeness (QED) is 0.638. The van der Waals surface area contributed by atoms with E-state index in [9.17, 15) is 0 Å². The zero-order valence-electron chi connectivity index (χ0n) is 9.27. The molecule has 0 fully saturated rings. The molecule has 0 N–H and O–H groups in total. The van der Waals surface area contributed by atoms with Crippen LogP contribution in [0.1, 0.15) is 38.8 Å². The third-order valence-electron chi connectivity index (χ3n) is 2.49. The van der Waals surface area contributed by atoms with E-state index in [1.54, 1.807) is 0 Å². The van der Waals surface area contributed by atoms with E-state index in [4.69, 9.17) is 0 Å². The fourth-order valence-corrected chi connectivity index (χ4v) is 1.20. The van der Waals surface area contributed by atoms with Crippen LogP contribution >= 0.6 is 0 Å². The highest BCUT2D eigenvalue weighted by atomic mass is 14.8. The van der Waals surface area contributed by atoms with Crippen LogP contribution in [0.25, 0.3) is 0 Å². The molecule has 0 aliphatic carbocycles. The smallest absolute Gasteiger partial charge is 0.0717 e. The fourth-order valence-electron chi connectivity index (χ4n) is 1.20. The van der Waals surface area contributed by atoms with Crippen LogP contribution in [0.4, 0.5) is 0 Å². The van der Waals surface area contributed by atoms with Crippen LogP contribution in [0, 0.1) is 5.92 Å². The molecule has 0 radical (unpaired) electrons. The van der Waals surface area contributed by atoms with Crippen molar-refractivity contribution in [1.29, 1.82) is 0 Å². The molecule has 1 aromatic carbocycles. The topological polar surface area (TPSA) is 12.4 Å². The minimum absolute atomic E-state index is 0.283. The maximum atomic E-state index is 4.54. The van der Waals surface area contributed by atoms with E-state index in [0.717, 1.165) is 6.42 Å². The number of aliphatic imine (C=N–C) groups is 1. The van der Waals surface area contributed by atoms with Gasteiger partial charge in [-0.15, -0.1) is 0 Å². The molecule has 0 amide bonds. The molecule has 2 atom stereocenters. The monoisotopic (exact) mass is 189 g/mol. The van der Waals surface area contributed by atoms with Gasteiger partial charge in [-0.1, -0.05) is 44.2 Å². The second kappa shape index (κ2) is 5.58. The molecule has 1 nitrogen and oxygen atoms in total. The first-order valence-electron chi connectivity index (χ1n) is 5.32. The van der Waals surface area contributed by atoms with Crippen molar-refractivity contribution in [3.8, 4) is 0 Å². The van der Waals surface area contributed by atoms with E-state index in [1.807, 2.05) is 6.07 Å². The Morgan fingerprint density at radius 1 is 1.21 bits per heavy atom. The first-order valence-corrected chi connectivity index (χ1v) is 5.32. The van der Waals surface area contributed by atoms with Gasteiger partial charge in [-0.05, 0) is 24.8 Å². The summed E-state index contributed by atoms with van der Waals surface area (Å²) >= 11 is 0. The molecular weight excluding hydrogens is 170 g/mol. The van der Waals surface area contributed by atoms with Crippen molar-refractivity contribution in [2.24, 2.45) is 10.9 Å². The Bertz CT molecular complexity index is 277. The molecule has 14 heavy (non-hydrogen) atoms. The van der Waals surface area contributed by atoms with Gasteiger partial charge >= 0.3 is 0 Å². The van der Waals surface area contributed by atoms with Crippen LogP contribution in [-0.2, 0) is 0 Å². The third kappa shape index (κ3) is 3.33. The Morgan fingerprint density at radius 3 is 2.43 bits per heavy atom. The van der Waals surface area contributed by atoms with Crippen molar-refractivity contribution >= 4 is 6.21 Å². The van der Waals surface area contributed by atoms with Gasteiger partial charge in [-0.3, -0.25) is 4.99 Å². The summed E-state index contributed by atoms with van der Waals surface area (Å²) in [4.78, 5) is 4.54. The van der Waals surface area contributed by atoms with Gasteiger partial charge in [0, 0.05) is 6.21 Å². The van der Waals surface area contributed by atoms with Crippen molar-refractivity contribution in [2.75, 3.05) is 0 Å². The van der Waals surface area contributed by atoms with E-state index >= 15 is 0 Å². The normalized spacial score (nSPS) is 15.6. The van der Waals surface area contributed by atoms with Crippen LogP contribution < -0.4 is 0 Å². The highest BCUT2D eigenvalue weighted by molar-refractivity contribution is 5.60. The van der Waals surface area contributed by atoms with Crippen molar-refractivity contribution in [1.82, 2.24) is 0 Å². The van der Waals surface area contributed by atoms with Crippen molar-refractivity contribution in [3.63, 3.8) is 0 Å². The zero-order valence-corrected chi connectivity index (χ0v) is 9.27. The summed E-state index contributed by atoms with van der Waals surface area (Å²) in [6.45, 7) is 6.51. The molecule has 0 heterocycles. The summed E-state index contributed by atoms with van der Waals surface area (Å²) in [6, 6.07) is 10.7. The molecule has 0 aliphatic rings. The second-order valence-corrected chi connectivity index (χ2v) is 3.77. The predicted molar refractivity (Wildman–Crippen MR) is 62.8 cm³/mol. The van der Waals surface area contributed by atoms with Gasteiger partial charge in [0.1, 0.15) is 0 Å². The number of benzene rings is 1. The first-order chi connectivity index (χ1) is 6.74. The second-order valence-electron chi connectivity index (χ2n) is 3.77. The molecule has 0 aliphatic heterocycles. The highest BCUT2D eigenvalue weighted by Crippen LogP contribution is 2.15. The summed E-state index contributed by atoms with van der Waals surface area (Å²) in [5, 5.41) is 0. The van der Waals surface area contributed by atoms with Gasteiger partial charge in [0.05, 0.1) is 6.04 Å². The molecule has 1 rings (SSSR count). The number of rotatable bonds is 4. The zero-order chi connectivity index (χ0) is 10.4. The van der Waals surface area contributed by atoms with E-state index in [2.05, 4.69) is 56.2 Å². The summed E-state index contributed by atoms with van der Waals surface area (Å²) in [5.74, 6) is 0.584. The largest absolute Gasteiger partial charge is 0.289 e. The van der Waals surface area contributed by atoms with Crippen molar-refractivity contribution in [2.45, 2.75) is 33.2 Å². The van der Waals surface area contributed by atoms with Crippen LogP contribution in [-0.4, -0.2) is 6.21 Å². The van der Waals surface area contributed by atoms with Gasteiger partial charge in [-0.2, -0.15) is 0 Å². The maximum absolute atomic E-state index is 4.54. The van der Waals surface area contributed by atoms with Gasteiger partial charge < -0.3 is 0 Å². The standard InChI is InChI=1S/C13H19N/c1-4-11(2)10-14-12(3)13-8-6-5-7-9-13/h5-12H,4H2,1-3H3/t11?,12-/m0/s1. The Morgan fingerprint density at radius 2 is 1.86 bits per heavy atom. The highest BCUT2D eigenvalue weighted by Gasteiger charge is 2.01. The number of nitrogens with zero attached hydrogens (tertiary/aromatic N) is 1. The lowest BCUT2D eigenvalue weighted by atomic mass is 10.1. The van der Waals surface area contributed by atoms with Crippen LogP contribution in [0.3, 0.4) is 0 Å². The molecule has 0 bridgehead atoms. The average Bonchev–Trinajstić information content (AvgIpc) is 2.26. The van der Waals surface area contributed by atoms with E-state index < -0.39 is 0 Å². The summed E-state index contributed by atoms with van der Waals surface area (Å²) < 4.78 is 0. The minimum Gasteiger partial charge on any atom is -0.289 e. The lowest BCUT2D eigenvalue weighted by molar-refractivity contribution is 0.733. The summed E-state index contributed by atoms with van der Waals surface area (Å²) in [6.07, 6.45) is 3.22. The molecular formula is C13H19N. The summed E-state index contributed by atoms with van der Waals surface area (Å²) in [7, 11) is 0. The van der Waals surface area contributed by atoms with Crippen LogP contribution in [0.5, 0.6) is 0 Å². The Labute approximate surface area is 86.9 Å². The van der Waals surface area contributed by atoms with Crippen LogP contribution in [0.15, 0.2) is 35.3 Å². The van der Waals surface area contributed by atoms with Gasteiger partial charge in [0.25, 0.3) is 0 Å². The summed E-state index contributed by atoms with van der Waals surface area (Å²) in [5.41, 5.74) is 1.28. The molecule has 1 heteroatoms. The van der Waals surface area contributed by atoms with Gasteiger partial charge in [0.15, 0.2) is 0 Å². The van der Waals surface area contributed by atoms with E-state index in [-0.39, 0.29) is 6.04 Å². The van der Waals surface area contributed by atoms with Gasteiger partial charge in [0.2, 0.25) is 0 Å². The third-order valence-corrected chi connectivity index (χ3v) is 2.49. The SMILES string of the molecule is CCC(C)C=N[C@@H](C)c1ccccc1. The average molecular weight is 189 g/mol. The molecule has 76 valence electrons. The molecule has 1 aromatic rings. The first kappa shape index (κ1) is 11.0. The Hall–Kier alpha value is -1.11. The molecule has 0 spiro atoms. The molecule has 0 saturated heterocycles. The van der Waals surface area contributed by atoms with Crippen LogP contribution in [0.2, 0.25) is 0 Å². The van der Waals surface area contributed by atoms with Crippen molar-refractivity contribution in [3.05, 3.63) is 35.9 Å². The number of hydrogen-bond donors (Lipinski definition) is 0. The fraction of sp³-hybridized carbons (Fsp3) is 0.462. The maximum Gasteiger partial charge on any atom is 0.0717 e. The Kier molecular flexibility index (Phi) is 4.37. The lowest BCUT2D eigenvalue weighted by Crippen LogP contribution is -1.96.